The van der Waals surface area contributed by atoms with Crippen LogP contribution in [0.15, 0.2) is 16.9 Å². The summed E-state index contributed by atoms with van der Waals surface area (Å²) in [5, 5.41) is 3.80. The molecular weight excluding hydrogens is 252 g/mol. The molecule has 3 fully saturated rings. The summed E-state index contributed by atoms with van der Waals surface area (Å²) < 4.78 is 4.81. The van der Waals surface area contributed by atoms with E-state index in [2.05, 4.69) is 5.16 Å². The number of hydrogen-bond acceptors (Lipinski definition) is 3. The third-order valence-corrected chi connectivity index (χ3v) is 5.75. The molecule has 3 aliphatic rings. The van der Waals surface area contributed by atoms with Crippen molar-refractivity contribution in [2.45, 2.75) is 51.0 Å². The number of carbonyl (C=O) groups excluding carboxylic acids is 1. The van der Waals surface area contributed by atoms with Crippen LogP contribution in [0.2, 0.25) is 0 Å². The molecule has 2 aliphatic carbocycles. The van der Waals surface area contributed by atoms with E-state index in [1.54, 1.807) is 6.07 Å². The first-order valence-electron chi connectivity index (χ1n) is 8.02. The van der Waals surface area contributed by atoms with Gasteiger partial charge in [0.2, 0.25) is 0 Å². The standard InChI is InChI=1S/C16H22N2O2/c19-16(15-5-7-20-17-15)18-6-1-2-14(18)10-13-9-11-3-4-12(13)8-11/h5,7,11-14H,1-4,6,8-10H2/t11-,12-,13-,14+/m1/s1. The van der Waals surface area contributed by atoms with Gasteiger partial charge in [-0.15, -0.1) is 0 Å². The first-order chi connectivity index (χ1) is 9.81. The van der Waals surface area contributed by atoms with Crippen molar-refractivity contribution >= 4 is 5.91 Å². The fourth-order valence-corrected chi connectivity index (χ4v) is 4.83. The highest BCUT2D eigenvalue weighted by Crippen LogP contribution is 2.50. The van der Waals surface area contributed by atoms with Crippen LogP contribution in [0.25, 0.3) is 0 Å². The zero-order valence-electron chi connectivity index (χ0n) is 11.8. The van der Waals surface area contributed by atoms with Gasteiger partial charge in [-0.3, -0.25) is 4.79 Å². The predicted octanol–water partition coefficient (Wildman–Crippen LogP) is 3.11. The molecule has 1 aromatic rings. The molecule has 108 valence electrons. The highest BCUT2D eigenvalue weighted by Gasteiger charge is 2.42. The number of likely N-dealkylation sites (tertiary alicyclic amines) is 1. The van der Waals surface area contributed by atoms with Crippen molar-refractivity contribution < 1.29 is 9.32 Å². The van der Waals surface area contributed by atoms with E-state index in [-0.39, 0.29) is 5.91 Å². The molecule has 0 N–H and O–H groups in total. The second-order valence-corrected chi connectivity index (χ2v) is 6.85. The molecule has 2 bridgehead atoms. The third-order valence-electron chi connectivity index (χ3n) is 5.75. The molecule has 0 spiro atoms. The van der Waals surface area contributed by atoms with Crippen molar-refractivity contribution in [1.29, 1.82) is 0 Å². The van der Waals surface area contributed by atoms with Crippen LogP contribution in [0.3, 0.4) is 0 Å². The molecule has 0 radical (unpaired) electrons. The van der Waals surface area contributed by atoms with E-state index in [1.165, 1.54) is 38.4 Å². The van der Waals surface area contributed by atoms with Crippen molar-refractivity contribution in [1.82, 2.24) is 10.1 Å². The smallest absolute Gasteiger partial charge is 0.276 e. The number of aromatic nitrogens is 1. The normalized spacial score (nSPS) is 35.9. The lowest BCUT2D eigenvalue weighted by atomic mass is 9.83. The predicted molar refractivity (Wildman–Crippen MR) is 74.1 cm³/mol. The fourth-order valence-electron chi connectivity index (χ4n) is 4.83. The summed E-state index contributed by atoms with van der Waals surface area (Å²) in [7, 11) is 0. The average Bonchev–Trinajstić information content (AvgIpc) is 3.23. The van der Waals surface area contributed by atoms with E-state index >= 15 is 0 Å². The minimum Gasteiger partial charge on any atom is -0.364 e. The Morgan fingerprint density at radius 3 is 3.00 bits per heavy atom. The molecule has 4 heteroatoms. The number of amides is 1. The Morgan fingerprint density at radius 2 is 2.30 bits per heavy atom. The Bertz CT molecular complexity index is 485. The van der Waals surface area contributed by atoms with Crippen LogP contribution >= 0.6 is 0 Å². The van der Waals surface area contributed by atoms with E-state index in [0.29, 0.717) is 11.7 Å². The molecule has 1 aliphatic heterocycles. The van der Waals surface area contributed by atoms with Gasteiger partial charge in [0, 0.05) is 18.7 Å². The lowest BCUT2D eigenvalue weighted by molar-refractivity contribution is 0.0697. The largest absolute Gasteiger partial charge is 0.364 e. The number of hydrogen-bond donors (Lipinski definition) is 0. The molecule has 2 heterocycles. The Kier molecular flexibility index (Phi) is 3.04. The summed E-state index contributed by atoms with van der Waals surface area (Å²) in [6, 6.07) is 2.11. The van der Waals surface area contributed by atoms with Crippen LogP contribution in [-0.2, 0) is 0 Å². The van der Waals surface area contributed by atoms with Crippen molar-refractivity contribution in [3.8, 4) is 0 Å². The minimum atomic E-state index is 0.0596. The molecule has 20 heavy (non-hydrogen) atoms. The molecule has 0 aromatic carbocycles. The summed E-state index contributed by atoms with van der Waals surface area (Å²) >= 11 is 0. The topological polar surface area (TPSA) is 46.3 Å². The van der Waals surface area contributed by atoms with Crippen LogP contribution < -0.4 is 0 Å². The zero-order chi connectivity index (χ0) is 13.5. The summed E-state index contributed by atoms with van der Waals surface area (Å²) in [6.07, 6.45) is 10.7. The van der Waals surface area contributed by atoms with Gasteiger partial charge >= 0.3 is 0 Å². The van der Waals surface area contributed by atoms with Gasteiger partial charge in [-0.2, -0.15) is 0 Å². The Hall–Kier alpha value is -1.32. The molecule has 2 saturated carbocycles. The Morgan fingerprint density at radius 1 is 1.35 bits per heavy atom. The minimum absolute atomic E-state index is 0.0596. The maximum atomic E-state index is 12.5. The molecule has 0 unspecified atom stereocenters. The molecule has 4 rings (SSSR count). The molecule has 1 aromatic heterocycles. The van der Waals surface area contributed by atoms with Gasteiger partial charge in [0.15, 0.2) is 5.69 Å². The van der Waals surface area contributed by atoms with Gasteiger partial charge in [0.1, 0.15) is 6.26 Å². The molecule has 1 saturated heterocycles. The lowest BCUT2D eigenvalue weighted by Gasteiger charge is -2.29. The van der Waals surface area contributed by atoms with Gasteiger partial charge in [-0.05, 0) is 56.3 Å². The van der Waals surface area contributed by atoms with Crippen LogP contribution in [-0.4, -0.2) is 28.6 Å². The van der Waals surface area contributed by atoms with E-state index in [9.17, 15) is 4.79 Å². The maximum absolute atomic E-state index is 12.5. The fraction of sp³-hybridized carbons (Fsp3) is 0.750. The number of fused-ring (bicyclic) bond motifs is 2. The Balaban J connectivity index is 1.43. The van der Waals surface area contributed by atoms with Crippen molar-refractivity contribution in [3.05, 3.63) is 18.0 Å². The van der Waals surface area contributed by atoms with Crippen LogP contribution in [0, 0.1) is 17.8 Å². The van der Waals surface area contributed by atoms with Crippen LogP contribution in [0.5, 0.6) is 0 Å². The monoisotopic (exact) mass is 274 g/mol. The SMILES string of the molecule is O=C(c1ccon1)N1CCC[C@H]1C[C@H]1C[C@@H]2CC[C@@H]1C2. The molecule has 4 nitrogen and oxygen atoms in total. The van der Waals surface area contributed by atoms with Gasteiger partial charge in [-0.1, -0.05) is 11.6 Å². The van der Waals surface area contributed by atoms with E-state index in [0.717, 1.165) is 37.1 Å². The summed E-state index contributed by atoms with van der Waals surface area (Å²) in [6.45, 7) is 0.886. The first-order valence-corrected chi connectivity index (χ1v) is 8.02. The second kappa shape index (κ2) is 4.90. The number of carbonyl (C=O) groups is 1. The molecule has 1 amide bonds. The summed E-state index contributed by atoms with van der Waals surface area (Å²) in [5.41, 5.74) is 0.463. The van der Waals surface area contributed by atoms with Gasteiger partial charge in [0.25, 0.3) is 5.91 Å². The van der Waals surface area contributed by atoms with Gasteiger partial charge in [-0.25, -0.2) is 0 Å². The maximum Gasteiger partial charge on any atom is 0.276 e. The van der Waals surface area contributed by atoms with Crippen LogP contribution in [0.4, 0.5) is 0 Å². The average molecular weight is 274 g/mol. The number of rotatable bonds is 3. The van der Waals surface area contributed by atoms with Crippen molar-refractivity contribution in [3.63, 3.8) is 0 Å². The van der Waals surface area contributed by atoms with Gasteiger partial charge in [0.05, 0.1) is 0 Å². The third kappa shape index (κ3) is 2.05. The van der Waals surface area contributed by atoms with Crippen LogP contribution in [0.1, 0.15) is 55.4 Å². The first kappa shape index (κ1) is 12.4. The summed E-state index contributed by atoms with van der Waals surface area (Å²) in [4.78, 5) is 14.5. The van der Waals surface area contributed by atoms with E-state index in [1.807, 2.05) is 4.90 Å². The van der Waals surface area contributed by atoms with E-state index < -0.39 is 0 Å². The van der Waals surface area contributed by atoms with E-state index in [4.69, 9.17) is 4.52 Å². The Labute approximate surface area is 119 Å². The molecule has 4 atom stereocenters. The van der Waals surface area contributed by atoms with Crippen molar-refractivity contribution in [2.75, 3.05) is 6.54 Å². The lowest BCUT2D eigenvalue weighted by Crippen LogP contribution is -2.37. The summed E-state index contributed by atoms with van der Waals surface area (Å²) in [5.74, 6) is 2.87. The second-order valence-electron chi connectivity index (χ2n) is 6.85. The number of nitrogens with zero attached hydrogens (tertiary/aromatic N) is 2. The highest BCUT2D eigenvalue weighted by atomic mass is 16.5. The zero-order valence-corrected chi connectivity index (χ0v) is 11.8. The van der Waals surface area contributed by atoms with Crippen molar-refractivity contribution in [2.24, 2.45) is 17.8 Å². The molecular formula is C16H22N2O2. The highest BCUT2D eigenvalue weighted by molar-refractivity contribution is 5.92. The quantitative estimate of drug-likeness (QED) is 0.850. The van der Waals surface area contributed by atoms with Gasteiger partial charge < -0.3 is 9.42 Å².